The molecule has 3 nitrogen and oxygen atoms in total. The van der Waals surface area contributed by atoms with Gasteiger partial charge in [0.1, 0.15) is 0 Å². The number of aromatic nitrogens is 2. The first-order valence-corrected chi connectivity index (χ1v) is 7.58. The highest BCUT2D eigenvalue weighted by Gasteiger charge is 2.16. The molecule has 0 radical (unpaired) electrons. The largest absolute Gasteiger partial charge is 0.386 e. The molecule has 0 saturated carbocycles. The number of nitrogens with zero attached hydrogens (tertiary/aromatic N) is 2. The summed E-state index contributed by atoms with van der Waals surface area (Å²) in [7, 11) is 0. The summed E-state index contributed by atoms with van der Waals surface area (Å²) in [6.07, 6.45) is 3.64. The molecule has 2 rings (SSSR count). The van der Waals surface area contributed by atoms with Gasteiger partial charge in [0.25, 0.3) is 0 Å². The summed E-state index contributed by atoms with van der Waals surface area (Å²) in [5.74, 6) is 0. The molecule has 1 aromatic heterocycles. The van der Waals surface area contributed by atoms with Crippen LogP contribution in [0.3, 0.4) is 0 Å². The number of rotatable bonds is 4. The highest BCUT2D eigenvalue weighted by Crippen LogP contribution is 2.25. The molecule has 0 aliphatic carbocycles. The molecule has 1 aromatic carbocycles. The molecule has 2 aromatic rings. The van der Waals surface area contributed by atoms with Gasteiger partial charge in [-0.05, 0) is 30.4 Å². The Kier molecular flexibility index (Phi) is 4.52. The van der Waals surface area contributed by atoms with Gasteiger partial charge in [0.15, 0.2) is 0 Å². The second-order valence-electron chi connectivity index (χ2n) is 6.99. The Morgan fingerprint density at radius 1 is 1.14 bits per heavy atom. The van der Waals surface area contributed by atoms with Gasteiger partial charge in [0.05, 0.1) is 24.3 Å². The Balaban J connectivity index is 2.12. The fourth-order valence-corrected chi connectivity index (χ4v) is 2.47. The third kappa shape index (κ3) is 3.73. The van der Waals surface area contributed by atoms with Gasteiger partial charge >= 0.3 is 0 Å². The smallest absolute Gasteiger partial charge is 0.0996 e. The van der Waals surface area contributed by atoms with Gasteiger partial charge in [0, 0.05) is 12.5 Å². The molecule has 0 fully saturated rings. The molecular formula is C18H26N2O. The summed E-state index contributed by atoms with van der Waals surface area (Å²) in [4.78, 5) is 4.16. The minimum Gasteiger partial charge on any atom is -0.386 e. The summed E-state index contributed by atoms with van der Waals surface area (Å²) in [5, 5.41) is 10.5. The van der Waals surface area contributed by atoms with Crippen LogP contribution in [0.15, 0.2) is 36.8 Å². The summed E-state index contributed by atoms with van der Waals surface area (Å²) in [6.45, 7) is 10.8. The summed E-state index contributed by atoms with van der Waals surface area (Å²) >= 11 is 0. The van der Waals surface area contributed by atoms with Crippen molar-refractivity contribution < 1.29 is 5.11 Å². The van der Waals surface area contributed by atoms with E-state index in [1.165, 1.54) is 5.56 Å². The van der Waals surface area contributed by atoms with Crippen molar-refractivity contribution in [2.24, 2.45) is 0 Å². The van der Waals surface area contributed by atoms with E-state index in [4.69, 9.17) is 0 Å². The van der Waals surface area contributed by atoms with Crippen LogP contribution in [-0.4, -0.2) is 14.7 Å². The van der Waals surface area contributed by atoms with Crippen molar-refractivity contribution in [2.45, 2.75) is 58.6 Å². The van der Waals surface area contributed by atoms with E-state index in [1.54, 1.807) is 12.5 Å². The summed E-state index contributed by atoms with van der Waals surface area (Å²) in [6, 6.07) is 8.84. The van der Waals surface area contributed by atoms with Crippen LogP contribution >= 0.6 is 0 Å². The molecule has 0 aliphatic rings. The average Bonchev–Trinajstić information content (AvgIpc) is 2.87. The second kappa shape index (κ2) is 6.02. The molecule has 1 atom stereocenters. The van der Waals surface area contributed by atoms with Crippen molar-refractivity contribution in [1.29, 1.82) is 0 Å². The highest BCUT2D eigenvalue weighted by atomic mass is 16.3. The lowest BCUT2D eigenvalue weighted by Gasteiger charge is -2.20. The summed E-state index contributed by atoms with van der Waals surface area (Å²) in [5.41, 5.74) is 3.50. The Bertz CT molecular complexity index is 576. The zero-order valence-corrected chi connectivity index (χ0v) is 13.7. The van der Waals surface area contributed by atoms with Gasteiger partial charge in [0.2, 0.25) is 0 Å². The van der Waals surface area contributed by atoms with Crippen molar-refractivity contribution in [3.05, 3.63) is 53.6 Å². The van der Waals surface area contributed by atoms with Crippen LogP contribution in [0.4, 0.5) is 0 Å². The third-order valence-electron chi connectivity index (χ3n) is 3.84. The van der Waals surface area contributed by atoms with Crippen LogP contribution in [-0.2, 0) is 11.8 Å². The minimum atomic E-state index is -0.518. The molecule has 114 valence electrons. The lowest BCUT2D eigenvalue weighted by molar-refractivity contribution is 0.167. The molecule has 0 saturated heterocycles. The maximum absolute atomic E-state index is 10.5. The molecule has 1 heterocycles. The van der Waals surface area contributed by atoms with E-state index in [0.29, 0.717) is 12.5 Å². The number of aliphatic hydroxyl groups excluding tert-OH is 1. The number of benzene rings is 1. The normalized spacial score (nSPS) is 13.7. The van der Waals surface area contributed by atoms with E-state index in [2.05, 4.69) is 63.9 Å². The first-order valence-electron chi connectivity index (χ1n) is 7.58. The number of hydrogen-bond donors (Lipinski definition) is 1. The molecule has 0 amide bonds. The van der Waals surface area contributed by atoms with Crippen LogP contribution in [0.2, 0.25) is 0 Å². The molecule has 0 bridgehead atoms. The van der Waals surface area contributed by atoms with Crippen LogP contribution in [0.25, 0.3) is 0 Å². The fraction of sp³-hybridized carbons (Fsp3) is 0.500. The van der Waals surface area contributed by atoms with E-state index in [-0.39, 0.29) is 5.41 Å². The first-order chi connectivity index (χ1) is 9.79. The van der Waals surface area contributed by atoms with Gasteiger partial charge in [-0.1, -0.05) is 45.0 Å². The van der Waals surface area contributed by atoms with Crippen molar-refractivity contribution in [2.75, 3.05) is 0 Å². The summed E-state index contributed by atoms with van der Waals surface area (Å²) < 4.78 is 2.02. The molecule has 21 heavy (non-hydrogen) atoms. The van der Waals surface area contributed by atoms with Crippen molar-refractivity contribution in [1.82, 2.24) is 9.55 Å². The Labute approximate surface area is 127 Å². The Morgan fingerprint density at radius 2 is 1.76 bits per heavy atom. The Morgan fingerprint density at radius 3 is 2.29 bits per heavy atom. The fourth-order valence-electron chi connectivity index (χ4n) is 2.47. The van der Waals surface area contributed by atoms with Crippen molar-refractivity contribution in [3.63, 3.8) is 0 Å². The maximum atomic E-state index is 10.5. The van der Waals surface area contributed by atoms with E-state index < -0.39 is 6.10 Å². The zero-order chi connectivity index (χ0) is 15.6. The molecule has 0 aliphatic heterocycles. The van der Waals surface area contributed by atoms with Crippen LogP contribution < -0.4 is 0 Å². The van der Waals surface area contributed by atoms with Crippen LogP contribution in [0.1, 0.15) is 63.6 Å². The topological polar surface area (TPSA) is 38.0 Å². The van der Waals surface area contributed by atoms with Gasteiger partial charge in [-0.3, -0.25) is 0 Å². The first kappa shape index (κ1) is 15.8. The average molecular weight is 286 g/mol. The molecule has 1 N–H and O–H groups in total. The quantitative estimate of drug-likeness (QED) is 0.921. The maximum Gasteiger partial charge on any atom is 0.0996 e. The SMILES string of the molecule is CC(C)n1cncc1C(O)Cc1ccc(C(C)(C)C)cc1. The van der Waals surface area contributed by atoms with E-state index in [1.807, 2.05) is 4.57 Å². The van der Waals surface area contributed by atoms with Gasteiger partial charge in [-0.25, -0.2) is 4.98 Å². The number of aliphatic hydroxyl groups is 1. The van der Waals surface area contributed by atoms with Crippen LogP contribution in [0.5, 0.6) is 0 Å². The van der Waals surface area contributed by atoms with E-state index >= 15 is 0 Å². The van der Waals surface area contributed by atoms with Gasteiger partial charge < -0.3 is 9.67 Å². The van der Waals surface area contributed by atoms with Crippen molar-refractivity contribution in [3.8, 4) is 0 Å². The third-order valence-corrected chi connectivity index (χ3v) is 3.84. The molecular weight excluding hydrogens is 260 g/mol. The molecule has 1 unspecified atom stereocenters. The highest BCUT2D eigenvalue weighted by molar-refractivity contribution is 5.28. The molecule has 3 heteroatoms. The second-order valence-corrected chi connectivity index (χ2v) is 6.99. The van der Waals surface area contributed by atoms with Gasteiger partial charge in [-0.15, -0.1) is 0 Å². The van der Waals surface area contributed by atoms with E-state index in [0.717, 1.165) is 11.3 Å². The van der Waals surface area contributed by atoms with Gasteiger partial charge in [-0.2, -0.15) is 0 Å². The van der Waals surface area contributed by atoms with Crippen LogP contribution in [0, 0.1) is 0 Å². The van der Waals surface area contributed by atoms with Crippen molar-refractivity contribution >= 4 is 0 Å². The number of hydrogen-bond acceptors (Lipinski definition) is 2. The lowest BCUT2D eigenvalue weighted by atomic mass is 9.86. The molecule has 0 spiro atoms. The zero-order valence-electron chi connectivity index (χ0n) is 13.7. The Hall–Kier alpha value is -1.61. The lowest BCUT2D eigenvalue weighted by Crippen LogP contribution is -2.12. The number of imidazole rings is 1. The minimum absolute atomic E-state index is 0.160. The monoisotopic (exact) mass is 286 g/mol. The standard InChI is InChI=1S/C18H26N2O/c1-13(2)20-12-19-11-16(20)17(21)10-14-6-8-15(9-7-14)18(3,4)5/h6-9,11-13,17,21H,10H2,1-5H3. The predicted octanol–water partition coefficient (Wildman–Crippen LogP) is 4.04. The predicted molar refractivity (Wildman–Crippen MR) is 86.4 cm³/mol. The van der Waals surface area contributed by atoms with E-state index in [9.17, 15) is 5.11 Å².